The third kappa shape index (κ3) is 1.57. The van der Waals surface area contributed by atoms with Crippen LogP contribution in [0.25, 0.3) is 10.9 Å². The van der Waals surface area contributed by atoms with Crippen molar-refractivity contribution in [3.63, 3.8) is 0 Å². The molecule has 2 aromatic rings. The molecule has 2 nitrogen and oxygen atoms in total. The summed E-state index contributed by atoms with van der Waals surface area (Å²) in [5.41, 5.74) is 0.670. The molecule has 0 atom stereocenters. The van der Waals surface area contributed by atoms with E-state index >= 15 is 0 Å². The summed E-state index contributed by atoms with van der Waals surface area (Å²) in [6.07, 6.45) is 0. The number of aryl methyl sites for hydroxylation is 1. The minimum absolute atomic E-state index is 0.311. The zero-order valence-electron chi connectivity index (χ0n) is 7.27. The Balaban J connectivity index is 2.96. The molecule has 0 radical (unpaired) electrons. The fourth-order valence-corrected chi connectivity index (χ4v) is 1.91. The first-order valence-corrected chi connectivity index (χ1v) is 5.14. The largest absolute Gasteiger partial charge is 0.343 e. The molecule has 0 aliphatic heterocycles. The third-order valence-corrected chi connectivity index (χ3v) is 2.79. The highest BCUT2D eigenvalue weighted by molar-refractivity contribution is 9.10. The van der Waals surface area contributed by atoms with E-state index in [4.69, 9.17) is 12.2 Å². The van der Waals surface area contributed by atoms with E-state index < -0.39 is 0 Å². The van der Waals surface area contributed by atoms with Crippen LogP contribution in [0.5, 0.6) is 0 Å². The van der Waals surface area contributed by atoms with Gasteiger partial charge in [0.15, 0.2) is 0 Å². The van der Waals surface area contributed by atoms with E-state index in [1.807, 2.05) is 0 Å². The quantitative estimate of drug-likeness (QED) is 0.744. The number of aromatic amines is 1. The number of nitrogens with one attached hydrogen (secondary N) is 1. The number of aromatic nitrogens is 2. The van der Waals surface area contributed by atoms with Gasteiger partial charge in [-0.25, -0.2) is 9.37 Å². The van der Waals surface area contributed by atoms with Crippen LogP contribution in [0.4, 0.5) is 4.39 Å². The first-order valence-electron chi connectivity index (χ1n) is 3.93. The molecular formula is C9H6BrFN2S. The fraction of sp³-hybridized carbons (Fsp3) is 0.111. The molecule has 1 aromatic heterocycles. The Hall–Kier alpha value is -0.810. The summed E-state index contributed by atoms with van der Waals surface area (Å²) < 4.78 is 14.1. The molecule has 0 fully saturated rings. The standard InChI is InChI=1S/C9H6BrFN2S/c1-4-12-8-3-7(11)6(10)2-5(8)9(14)13-4/h2-3H,1H3,(H,12,13,14). The van der Waals surface area contributed by atoms with Gasteiger partial charge in [-0.05, 0) is 35.0 Å². The Bertz CT molecular complexity index is 564. The van der Waals surface area contributed by atoms with Crippen LogP contribution < -0.4 is 0 Å². The summed E-state index contributed by atoms with van der Waals surface area (Å²) in [6.45, 7) is 1.79. The molecule has 0 saturated carbocycles. The normalized spacial score (nSPS) is 10.8. The average molecular weight is 273 g/mol. The van der Waals surface area contributed by atoms with Crippen LogP contribution >= 0.6 is 28.1 Å². The SMILES string of the molecule is Cc1nc(=S)c2cc(Br)c(F)cc2[nH]1. The Morgan fingerprint density at radius 1 is 1.50 bits per heavy atom. The molecule has 0 bridgehead atoms. The van der Waals surface area contributed by atoms with E-state index in [-0.39, 0.29) is 5.82 Å². The Labute approximate surface area is 93.3 Å². The third-order valence-electron chi connectivity index (χ3n) is 1.88. The topological polar surface area (TPSA) is 28.7 Å². The van der Waals surface area contributed by atoms with Gasteiger partial charge in [0.25, 0.3) is 0 Å². The highest BCUT2D eigenvalue weighted by Gasteiger charge is 2.04. The second-order valence-corrected chi connectivity index (χ2v) is 4.18. The van der Waals surface area contributed by atoms with Crippen LogP contribution in [-0.2, 0) is 0 Å². The van der Waals surface area contributed by atoms with E-state index in [2.05, 4.69) is 25.9 Å². The summed E-state index contributed by atoms with van der Waals surface area (Å²) in [5.74, 6) is 0.373. The number of hydrogen-bond acceptors (Lipinski definition) is 2. The number of H-pyrrole nitrogens is 1. The van der Waals surface area contributed by atoms with Crippen molar-refractivity contribution in [3.8, 4) is 0 Å². The summed E-state index contributed by atoms with van der Waals surface area (Å²) in [7, 11) is 0. The Kier molecular flexibility index (Phi) is 2.36. The van der Waals surface area contributed by atoms with Gasteiger partial charge in [0.05, 0.1) is 9.99 Å². The van der Waals surface area contributed by atoms with Crippen LogP contribution in [0.3, 0.4) is 0 Å². The molecule has 0 saturated heterocycles. The van der Waals surface area contributed by atoms with Crippen LogP contribution in [0.1, 0.15) is 5.82 Å². The number of rotatable bonds is 0. The van der Waals surface area contributed by atoms with E-state index in [1.54, 1.807) is 13.0 Å². The summed E-state index contributed by atoms with van der Waals surface area (Å²) in [6, 6.07) is 3.04. The van der Waals surface area contributed by atoms with Gasteiger partial charge >= 0.3 is 0 Å². The Morgan fingerprint density at radius 3 is 2.93 bits per heavy atom. The van der Waals surface area contributed by atoms with Gasteiger partial charge in [-0.15, -0.1) is 0 Å². The Morgan fingerprint density at radius 2 is 2.21 bits per heavy atom. The first-order chi connectivity index (χ1) is 6.58. The van der Waals surface area contributed by atoms with Gasteiger partial charge in [-0.3, -0.25) is 0 Å². The molecule has 0 aliphatic carbocycles. The van der Waals surface area contributed by atoms with Crippen LogP contribution in [0.15, 0.2) is 16.6 Å². The van der Waals surface area contributed by atoms with Gasteiger partial charge in [0.2, 0.25) is 0 Å². The molecule has 1 N–H and O–H groups in total. The molecule has 0 amide bonds. The zero-order chi connectivity index (χ0) is 10.3. The summed E-state index contributed by atoms with van der Waals surface area (Å²) in [4.78, 5) is 7.05. The maximum absolute atomic E-state index is 13.2. The lowest BCUT2D eigenvalue weighted by atomic mass is 10.2. The molecule has 2 rings (SSSR count). The van der Waals surface area contributed by atoms with E-state index in [1.165, 1.54) is 6.07 Å². The number of nitrogens with zero attached hydrogens (tertiary/aromatic N) is 1. The number of hydrogen-bond donors (Lipinski definition) is 1. The second-order valence-electron chi connectivity index (χ2n) is 2.94. The van der Waals surface area contributed by atoms with Crippen molar-refractivity contribution < 1.29 is 4.39 Å². The van der Waals surface area contributed by atoms with Gasteiger partial charge < -0.3 is 4.98 Å². The van der Waals surface area contributed by atoms with Crippen molar-refractivity contribution in [3.05, 3.63) is 32.9 Å². The zero-order valence-corrected chi connectivity index (χ0v) is 9.67. The summed E-state index contributed by atoms with van der Waals surface area (Å²) in [5, 5.41) is 0.749. The maximum Gasteiger partial charge on any atom is 0.139 e. The number of halogens is 2. The van der Waals surface area contributed by atoms with E-state index in [9.17, 15) is 4.39 Å². The predicted octanol–water partition coefficient (Wildman–Crippen LogP) is 3.50. The van der Waals surface area contributed by atoms with Gasteiger partial charge in [-0.1, -0.05) is 12.2 Å². The van der Waals surface area contributed by atoms with Crippen molar-refractivity contribution in [1.29, 1.82) is 0 Å². The first kappa shape index (κ1) is 9.73. The van der Waals surface area contributed by atoms with Gasteiger partial charge in [0, 0.05) is 5.39 Å². The lowest BCUT2D eigenvalue weighted by Gasteiger charge is -2.01. The minimum atomic E-state index is -0.311. The monoisotopic (exact) mass is 272 g/mol. The van der Waals surface area contributed by atoms with Crippen molar-refractivity contribution in [2.75, 3.05) is 0 Å². The van der Waals surface area contributed by atoms with E-state index in [0.29, 0.717) is 20.5 Å². The van der Waals surface area contributed by atoms with Crippen LogP contribution in [0, 0.1) is 17.4 Å². The van der Waals surface area contributed by atoms with Crippen LogP contribution in [0.2, 0.25) is 0 Å². The molecule has 14 heavy (non-hydrogen) atoms. The summed E-state index contributed by atoms with van der Waals surface area (Å²) >= 11 is 8.18. The number of fused-ring (bicyclic) bond motifs is 1. The molecule has 72 valence electrons. The lowest BCUT2D eigenvalue weighted by molar-refractivity contribution is 0.622. The minimum Gasteiger partial charge on any atom is -0.343 e. The average Bonchev–Trinajstić information content (AvgIpc) is 2.08. The van der Waals surface area contributed by atoms with Crippen molar-refractivity contribution in [2.24, 2.45) is 0 Å². The van der Waals surface area contributed by atoms with Gasteiger partial charge in [-0.2, -0.15) is 0 Å². The molecule has 1 heterocycles. The maximum atomic E-state index is 13.2. The second kappa shape index (κ2) is 3.40. The molecule has 1 aromatic carbocycles. The highest BCUT2D eigenvalue weighted by Crippen LogP contribution is 2.22. The molecule has 5 heteroatoms. The van der Waals surface area contributed by atoms with Crippen molar-refractivity contribution in [1.82, 2.24) is 9.97 Å². The van der Waals surface area contributed by atoms with Crippen molar-refractivity contribution >= 4 is 39.1 Å². The number of benzene rings is 1. The van der Waals surface area contributed by atoms with Crippen molar-refractivity contribution in [2.45, 2.75) is 6.92 Å². The van der Waals surface area contributed by atoms with Gasteiger partial charge in [0.1, 0.15) is 16.3 Å². The fourth-order valence-electron chi connectivity index (χ4n) is 1.26. The smallest absolute Gasteiger partial charge is 0.139 e. The molecule has 0 spiro atoms. The highest BCUT2D eigenvalue weighted by atomic mass is 79.9. The van der Waals surface area contributed by atoms with E-state index in [0.717, 1.165) is 5.39 Å². The van der Waals surface area contributed by atoms with Crippen LogP contribution in [-0.4, -0.2) is 9.97 Å². The predicted molar refractivity (Wildman–Crippen MR) is 59.3 cm³/mol. The molecular weight excluding hydrogens is 267 g/mol. The molecule has 0 aliphatic rings. The lowest BCUT2D eigenvalue weighted by Crippen LogP contribution is -1.91. The molecule has 0 unspecified atom stereocenters.